The molecule has 0 N–H and O–H groups in total. The van der Waals surface area contributed by atoms with Crippen LogP contribution in [0.15, 0.2) is 47.4 Å². The molecule has 1 saturated heterocycles. The van der Waals surface area contributed by atoms with E-state index < -0.39 is 0 Å². The molecule has 1 aliphatic heterocycles. The van der Waals surface area contributed by atoms with Crippen LogP contribution >= 0.6 is 0 Å². The lowest BCUT2D eigenvalue weighted by Crippen LogP contribution is -2.41. The number of benzene rings is 1. The summed E-state index contributed by atoms with van der Waals surface area (Å²) in [7, 11) is -0.379. The Kier molecular flexibility index (Phi) is 4.99. The Labute approximate surface area is 155 Å². The van der Waals surface area contributed by atoms with Crippen molar-refractivity contribution in [3.63, 3.8) is 0 Å². The quantitative estimate of drug-likeness (QED) is 0.774. The highest BCUT2D eigenvalue weighted by Crippen LogP contribution is 2.36. The maximum absolute atomic E-state index is 11.7. The standard InChI is InChI=1S/C20H26BNO4/c1-15-14-16(21-25-19(2,3)20(4,5)26-21)9-10-17(15)24-13-12-22-11-7-6-8-18(22)23/h6-11,14H,12-13H2,1-5H3. The second kappa shape index (κ2) is 6.93. The third kappa shape index (κ3) is 3.71. The molecule has 1 aromatic carbocycles. The Balaban J connectivity index is 1.65. The van der Waals surface area contributed by atoms with E-state index in [0.717, 1.165) is 16.8 Å². The molecule has 26 heavy (non-hydrogen) atoms. The van der Waals surface area contributed by atoms with Gasteiger partial charge in [0.05, 0.1) is 17.7 Å². The molecule has 1 fully saturated rings. The minimum Gasteiger partial charge on any atom is -0.491 e. The van der Waals surface area contributed by atoms with E-state index in [-0.39, 0.29) is 23.9 Å². The zero-order chi connectivity index (χ0) is 18.9. The third-order valence-electron chi connectivity index (χ3n) is 5.21. The molecule has 0 saturated carbocycles. The Morgan fingerprint density at radius 1 is 1.08 bits per heavy atom. The Bertz CT molecular complexity index is 828. The van der Waals surface area contributed by atoms with Crippen LogP contribution in [0.2, 0.25) is 0 Å². The van der Waals surface area contributed by atoms with Crippen molar-refractivity contribution < 1.29 is 14.0 Å². The Morgan fingerprint density at radius 2 is 1.77 bits per heavy atom. The van der Waals surface area contributed by atoms with Gasteiger partial charge in [0.15, 0.2) is 0 Å². The Hall–Kier alpha value is -2.05. The predicted octanol–water partition coefficient (Wildman–Crippen LogP) is 2.53. The molecular formula is C20H26BNO4. The molecule has 0 atom stereocenters. The molecule has 0 amide bonds. The van der Waals surface area contributed by atoms with Gasteiger partial charge in [-0.15, -0.1) is 0 Å². The first kappa shape index (κ1) is 18.7. The molecule has 0 bridgehead atoms. The highest BCUT2D eigenvalue weighted by molar-refractivity contribution is 6.62. The van der Waals surface area contributed by atoms with E-state index >= 15 is 0 Å². The molecule has 3 rings (SSSR count). The summed E-state index contributed by atoms with van der Waals surface area (Å²) in [5, 5.41) is 0. The minimum atomic E-state index is -0.379. The van der Waals surface area contributed by atoms with Crippen molar-refractivity contribution in [1.82, 2.24) is 4.57 Å². The molecule has 5 nitrogen and oxygen atoms in total. The van der Waals surface area contributed by atoms with Gasteiger partial charge in [-0.1, -0.05) is 18.2 Å². The second-order valence-electron chi connectivity index (χ2n) is 7.69. The van der Waals surface area contributed by atoms with Crippen LogP contribution in [0.1, 0.15) is 33.3 Å². The van der Waals surface area contributed by atoms with Crippen LogP contribution in [0.3, 0.4) is 0 Å². The summed E-state index contributed by atoms with van der Waals surface area (Å²) >= 11 is 0. The zero-order valence-corrected chi connectivity index (χ0v) is 16.1. The first-order valence-electron chi connectivity index (χ1n) is 8.94. The molecule has 0 spiro atoms. The lowest BCUT2D eigenvalue weighted by Gasteiger charge is -2.32. The van der Waals surface area contributed by atoms with Gasteiger partial charge in [-0.25, -0.2) is 0 Å². The SMILES string of the molecule is Cc1cc(B2OC(C)(C)C(C)(C)O2)ccc1OCCn1ccccc1=O. The van der Waals surface area contributed by atoms with E-state index in [9.17, 15) is 4.79 Å². The summed E-state index contributed by atoms with van der Waals surface area (Å²) < 4.78 is 19.7. The van der Waals surface area contributed by atoms with Crippen LogP contribution in [0.5, 0.6) is 5.75 Å². The summed E-state index contributed by atoms with van der Waals surface area (Å²) in [4.78, 5) is 11.7. The fourth-order valence-electron chi connectivity index (χ4n) is 2.86. The van der Waals surface area contributed by atoms with Gasteiger partial charge >= 0.3 is 7.12 Å². The van der Waals surface area contributed by atoms with E-state index in [2.05, 4.69) is 0 Å². The molecule has 0 aliphatic carbocycles. The predicted molar refractivity (Wildman–Crippen MR) is 103 cm³/mol. The number of nitrogens with zero attached hydrogens (tertiary/aromatic N) is 1. The van der Waals surface area contributed by atoms with Crippen molar-refractivity contribution in [3.8, 4) is 5.75 Å². The summed E-state index contributed by atoms with van der Waals surface area (Å²) in [6.45, 7) is 11.1. The normalized spacial score (nSPS) is 18.1. The van der Waals surface area contributed by atoms with Gasteiger partial charge in [0.1, 0.15) is 12.4 Å². The maximum atomic E-state index is 11.7. The van der Waals surface area contributed by atoms with Crippen LogP contribution in [0.25, 0.3) is 0 Å². The molecule has 2 heterocycles. The maximum Gasteiger partial charge on any atom is 0.494 e. The van der Waals surface area contributed by atoms with Gasteiger partial charge in [-0.3, -0.25) is 4.79 Å². The second-order valence-corrected chi connectivity index (χ2v) is 7.69. The van der Waals surface area contributed by atoms with E-state index in [1.165, 1.54) is 0 Å². The van der Waals surface area contributed by atoms with Crippen LogP contribution in [0, 0.1) is 6.92 Å². The number of rotatable bonds is 5. The topological polar surface area (TPSA) is 49.7 Å². The van der Waals surface area contributed by atoms with Crippen molar-refractivity contribution in [2.45, 2.75) is 52.4 Å². The van der Waals surface area contributed by atoms with Crippen molar-refractivity contribution >= 4 is 12.6 Å². The first-order chi connectivity index (χ1) is 12.2. The van der Waals surface area contributed by atoms with Crippen LogP contribution in [-0.4, -0.2) is 29.5 Å². The highest BCUT2D eigenvalue weighted by Gasteiger charge is 2.51. The van der Waals surface area contributed by atoms with Crippen LogP contribution in [0.4, 0.5) is 0 Å². The fourth-order valence-corrected chi connectivity index (χ4v) is 2.86. The molecule has 0 unspecified atom stereocenters. The fraction of sp³-hybridized carbons (Fsp3) is 0.450. The number of aromatic nitrogens is 1. The number of aryl methyl sites for hydroxylation is 1. The van der Waals surface area contributed by atoms with Gasteiger partial charge in [-0.05, 0) is 57.8 Å². The van der Waals surface area contributed by atoms with Crippen molar-refractivity contribution in [1.29, 1.82) is 0 Å². The zero-order valence-electron chi connectivity index (χ0n) is 16.1. The number of pyridine rings is 1. The summed E-state index contributed by atoms with van der Waals surface area (Å²) in [5.41, 5.74) is 1.25. The lowest BCUT2D eigenvalue weighted by molar-refractivity contribution is 0.00578. The first-order valence-corrected chi connectivity index (χ1v) is 8.94. The van der Waals surface area contributed by atoms with Crippen molar-refractivity contribution in [2.75, 3.05) is 6.61 Å². The van der Waals surface area contributed by atoms with E-state index in [0.29, 0.717) is 13.2 Å². The third-order valence-corrected chi connectivity index (χ3v) is 5.21. The summed E-state index contributed by atoms with van der Waals surface area (Å²) in [6.07, 6.45) is 1.76. The number of hydrogen-bond donors (Lipinski definition) is 0. The van der Waals surface area contributed by atoms with E-state index in [1.807, 2.05) is 58.9 Å². The van der Waals surface area contributed by atoms with Crippen molar-refractivity contribution in [3.05, 3.63) is 58.5 Å². The van der Waals surface area contributed by atoms with E-state index in [4.69, 9.17) is 14.0 Å². The van der Waals surface area contributed by atoms with Crippen LogP contribution in [-0.2, 0) is 15.9 Å². The molecule has 138 valence electrons. The largest absolute Gasteiger partial charge is 0.494 e. The number of ether oxygens (including phenoxy) is 1. The van der Waals surface area contributed by atoms with Crippen molar-refractivity contribution in [2.24, 2.45) is 0 Å². The summed E-state index contributed by atoms with van der Waals surface area (Å²) in [5.74, 6) is 0.800. The van der Waals surface area contributed by atoms with Gasteiger partial charge in [0.2, 0.25) is 0 Å². The monoisotopic (exact) mass is 355 g/mol. The van der Waals surface area contributed by atoms with Gasteiger partial charge < -0.3 is 18.6 Å². The molecule has 1 aliphatic rings. The highest BCUT2D eigenvalue weighted by atomic mass is 16.7. The molecule has 0 radical (unpaired) electrons. The molecule has 2 aromatic rings. The average molecular weight is 355 g/mol. The molecular weight excluding hydrogens is 329 g/mol. The smallest absolute Gasteiger partial charge is 0.491 e. The minimum absolute atomic E-state index is 0.0241. The van der Waals surface area contributed by atoms with Crippen LogP contribution < -0.4 is 15.8 Å². The van der Waals surface area contributed by atoms with Gasteiger partial charge in [-0.2, -0.15) is 0 Å². The van der Waals surface area contributed by atoms with E-state index in [1.54, 1.807) is 22.9 Å². The molecule has 1 aromatic heterocycles. The Morgan fingerprint density at radius 3 is 2.38 bits per heavy atom. The van der Waals surface area contributed by atoms with Gasteiger partial charge in [0, 0.05) is 12.3 Å². The van der Waals surface area contributed by atoms with Gasteiger partial charge in [0.25, 0.3) is 5.56 Å². The average Bonchev–Trinajstić information content (AvgIpc) is 2.78. The summed E-state index contributed by atoms with van der Waals surface area (Å²) in [6, 6.07) is 11.1. The molecule has 6 heteroatoms. The number of hydrogen-bond acceptors (Lipinski definition) is 4. The lowest BCUT2D eigenvalue weighted by atomic mass is 9.78.